The van der Waals surface area contributed by atoms with Crippen molar-refractivity contribution in [1.82, 2.24) is 0 Å². The van der Waals surface area contributed by atoms with Crippen molar-refractivity contribution in [3.05, 3.63) is 46.5 Å². The zero-order chi connectivity index (χ0) is 8.81. The van der Waals surface area contributed by atoms with Gasteiger partial charge in [0.1, 0.15) is 0 Å². The van der Waals surface area contributed by atoms with E-state index < -0.39 is 0 Å². The van der Waals surface area contributed by atoms with Crippen LogP contribution >= 0.6 is 23.2 Å². The molecular weight excluding hydrogens is 191 g/mol. The number of hydrogen-bond acceptors (Lipinski definition) is 0. The maximum Gasteiger partial charge on any atom is 0.0218 e. The summed E-state index contributed by atoms with van der Waals surface area (Å²) in [5.74, 6) is 0. The fourth-order valence-corrected chi connectivity index (χ4v) is 1.17. The zero-order valence-corrected chi connectivity index (χ0v) is 8.15. The summed E-state index contributed by atoms with van der Waals surface area (Å²) in [6, 6.07) is 0. The highest BCUT2D eigenvalue weighted by atomic mass is 35.5. The number of halogens is 2. The largest absolute Gasteiger partial charge is 0.0888 e. The van der Waals surface area contributed by atoms with Crippen LogP contribution in [0.15, 0.2) is 46.5 Å². The second kappa shape index (κ2) is 5.23. The molecule has 0 aromatic carbocycles. The van der Waals surface area contributed by atoms with Crippen molar-refractivity contribution in [1.29, 1.82) is 0 Å². The Kier molecular flexibility index (Phi) is 4.20. The van der Waals surface area contributed by atoms with E-state index in [1.807, 2.05) is 36.5 Å². The molecule has 0 N–H and O–H groups in total. The van der Waals surface area contributed by atoms with E-state index in [4.69, 9.17) is 23.2 Å². The first kappa shape index (κ1) is 9.63. The van der Waals surface area contributed by atoms with E-state index in [9.17, 15) is 0 Å². The quantitative estimate of drug-likeness (QED) is 0.552. The molecule has 0 nitrogen and oxygen atoms in total. The summed E-state index contributed by atoms with van der Waals surface area (Å²) in [4.78, 5) is 0. The van der Waals surface area contributed by atoms with Crippen LogP contribution < -0.4 is 0 Å². The smallest absolute Gasteiger partial charge is 0.0218 e. The third-order valence-corrected chi connectivity index (χ3v) is 2.01. The van der Waals surface area contributed by atoms with Crippen molar-refractivity contribution in [2.45, 2.75) is 12.8 Å². The molecule has 2 heteroatoms. The summed E-state index contributed by atoms with van der Waals surface area (Å²) in [5.41, 5.74) is 0. The third-order valence-electron chi connectivity index (χ3n) is 1.45. The molecule has 0 aromatic rings. The van der Waals surface area contributed by atoms with Crippen molar-refractivity contribution in [2.75, 3.05) is 0 Å². The van der Waals surface area contributed by atoms with Crippen molar-refractivity contribution in [3.8, 4) is 0 Å². The summed E-state index contributed by atoms with van der Waals surface area (Å²) >= 11 is 11.7. The molecule has 0 aliphatic heterocycles. The van der Waals surface area contributed by atoms with Gasteiger partial charge in [0.05, 0.1) is 0 Å². The van der Waals surface area contributed by atoms with Crippen LogP contribution in [0.1, 0.15) is 12.8 Å². The molecular formula is C10H10Cl2. The van der Waals surface area contributed by atoms with Crippen LogP contribution in [0.5, 0.6) is 0 Å². The standard InChI is InChI=1S/C10H10Cl2/c11-9-5-1-2-6-10(12)8-4-3-7-9/h1-5,8H,6-7H2/b2-1-,4-3-,9-5+,10-8+. The molecule has 0 saturated carbocycles. The van der Waals surface area contributed by atoms with E-state index in [1.165, 1.54) is 0 Å². The summed E-state index contributed by atoms with van der Waals surface area (Å²) in [5, 5.41) is 1.68. The lowest BCUT2D eigenvalue weighted by Crippen LogP contribution is -1.72. The Bertz CT molecular complexity index is 229. The molecule has 12 heavy (non-hydrogen) atoms. The van der Waals surface area contributed by atoms with Crippen LogP contribution in [0, 0.1) is 0 Å². The second-order valence-corrected chi connectivity index (χ2v) is 3.46. The van der Waals surface area contributed by atoms with Crippen molar-refractivity contribution in [2.24, 2.45) is 0 Å². The first-order valence-corrected chi connectivity index (χ1v) is 4.57. The van der Waals surface area contributed by atoms with Gasteiger partial charge in [-0.1, -0.05) is 47.5 Å². The Hall–Kier alpha value is -0.460. The van der Waals surface area contributed by atoms with E-state index in [-0.39, 0.29) is 0 Å². The van der Waals surface area contributed by atoms with Crippen molar-refractivity contribution in [3.63, 3.8) is 0 Å². The maximum absolute atomic E-state index is 5.86. The van der Waals surface area contributed by atoms with Crippen LogP contribution in [-0.2, 0) is 0 Å². The topological polar surface area (TPSA) is 0 Å². The average Bonchev–Trinajstić information content (AvgIpc) is 2.06. The molecule has 0 heterocycles. The minimum atomic E-state index is 0.770. The molecule has 0 spiro atoms. The second-order valence-electron chi connectivity index (χ2n) is 2.49. The van der Waals surface area contributed by atoms with Crippen LogP contribution in [0.25, 0.3) is 0 Å². The summed E-state index contributed by atoms with van der Waals surface area (Å²) in [6.07, 6.45) is 13.2. The van der Waals surface area contributed by atoms with Crippen LogP contribution in [-0.4, -0.2) is 0 Å². The van der Waals surface area contributed by atoms with Gasteiger partial charge in [0, 0.05) is 22.9 Å². The monoisotopic (exact) mass is 200 g/mol. The number of rotatable bonds is 0. The van der Waals surface area contributed by atoms with Gasteiger partial charge in [-0.2, -0.15) is 0 Å². The van der Waals surface area contributed by atoms with Crippen LogP contribution in [0.4, 0.5) is 0 Å². The van der Waals surface area contributed by atoms with E-state index in [0.29, 0.717) is 0 Å². The molecule has 0 aromatic heterocycles. The van der Waals surface area contributed by atoms with Crippen molar-refractivity contribution >= 4 is 23.2 Å². The van der Waals surface area contributed by atoms with Gasteiger partial charge >= 0.3 is 0 Å². The lowest BCUT2D eigenvalue weighted by atomic mass is 10.2. The number of hydrogen-bond donors (Lipinski definition) is 0. The van der Waals surface area contributed by atoms with Gasteiger partial charge < -0.3 is 0 Å². The maximum atomic E-state index is 5.86. The van der Waals surface area contributed by atoms with Gasteiger partial charge in [-0.05, 0) is 12.2 Å². The van der Waals surface area contributed by atoms with E-state index in [0.717, 1.165) is 22.9 Å². The molecule has 0 bridgehead atoms. The molecule has 0 unspecified atom stereocenters. The van der Waals surface area contributed by atoms with Gasteiger partial charge in [-0.3, -0.25) is 0 Å². The Morgan fingerprint density at radius 1 is 0.833 bits per heavy atom. The lowest BCUT2D eigenvalue weighted by Gasteiger charge is -1.93. The molecule has 64 valence electrons. The number of allylic oxidation sites excluding steroid dienone is 8. The van der Waals surface area contributed by atoms with Crippen LogP contribution in [0.3, 0.4) is 0 Å². The highest BCUT2D eigenvalue weighted by Gasteiger charge is 1.89. The summed E-state index contributed by atoms with van der Waals surface area (Å²) in [6.45, 7) is 0. The first-order chi connectivity index (χ1) is 5.79. The van der Waals surface area contributed by atoms with Gasteiger partial charge in [0.2, 0.25) is 0 Å². The normalized spacial score (nSPS) is 32.5. The highest BCUT2D eigenvalue weighted by molar-refractivity contribution is 6.30. The van der Waals surface area contributed by atoms with Gasteiger partial charge in [0.25, 0.3) is 0 Å². The summed E-state index contributed by atoms with van der Waals surface area (Å²) < 4.78 is 0. The molecule has 0 atom stereocenters. The fraction of sp³-hybridized carbons (Fsp3) is 0.200. The zero-order valence-electron chi connectivity index (χ0n) is 6.63. The minimum Gasteiger partial charge on any atom is -0.0888 e. The first-order valence-electron chi connectivity index (χ1n) is 3.81. The van der Waals surface area contributed by atoms with E-state index in [1.54, 1.807) is 0 Å². The lowest BCUT2D eigenvalue weighted by molar-refractivity contribution is 1.31. The fourth-order valence-electron chi connectivity index (χ4n) is 0.842. The Balaban J connectivity index is 2.70. The molecule has 0 fully saturated rings. The predicted molar refractivity (Wildman–Crippen MR) is 55.4 cm³/mol. The highest BCUT2D eigenvalue weighted by Crippen LogP contribution is 2.13. The van der Waals surface area contributed by atoms with E-state index in [2.05, 4.69) is 0 Å². The van der Waals surface area contributed by atoms with Gasteiger partial charge in [0.15, 0.2) is 0 Å². The van der Waals surface area contributed by atoms with Gasteiger partial charge in [-0.15, -0.1) is 0 Å². The van der Waals surface area contributed by atoms with E-state index >= 15 is 0 Å². The molecule has 1 aliphatic carbocycles. The Morgan fingerprint density at radius 2 is 1.25 bits per heavy atom. The van der Waals surface area contributed by atoms with Crippen molar-refractivity contribution < 1.29 is 0 Å². The minimum absolute atomic E-state index is 0.770. The summed E-state index contributed by atoms with van der Waals surface area (Å²) in [7, 11) is 0. The Morgan fingerprint density at radius 3 is 1.67 bits per heavy atom. The third kappa shape index (κ3) is 3.80. The molecule has 1 aliphatic rings. The molecule has 0 amide bonds. The molecule has 1 rings (SSSR count). The van der Waals surface area contributed by atoms with Crippen LogP contribution in [0.2, 0.25) is 0 Å². The average molecular weight is 201 g/mol. The SMILES string of the molecule is Cl/C1=C/C=C\C/C(Cl)=C\C=C/C1. The molecule has 0 radical (unpaired) electrons. The Labute approximate surface area is 82.9 Å². The predicted octanol–water partition coefficient (Wildman–Crippen LogP) is 4.14. The van der Waals surface area contributed by atoms with Gasteiger partial charge in [-0.25, -0.2) is 0 Å². The molecule has 0 saturated heterocycles.